The van der Waals surface area contributed by atoms with Crippen LogP contribution in [0.2, 0.25) is 0 Å². The normalized spacial score (nSPS) is 9.12. The van der Waals surface area contributed by atoms with Gasteiger partial charge < -0.3 is 41.3 Å². The van der Waals surface area contributed by atoms with Gasteiger partial charge in [-0.15, -0.1) is 22.7 Å². The molecule has 0 aliphatic heterocycles. The van der Waals surface area contributed by atoms with Crippen LogP contribution in [0.15, 0.2) is 97.5 Å². The van der Waals surface area contributed by atoms with Crippen LogP contribution in [-0.4, -0.2) is 259 Å². The Balaban J connectivity index is -0.000000149. The summed E-state index contributed by atoms with van der Waals surface area (Å²) in [5.41, 5.74) is 11.8. The molecule has 0 aliphatic rings. The minimum absolute atomic E-state index is 0. The quantitative estimate of drug-likeness (QED) is 0.0105. The van der Waals surface area contributed by atoms with Crippen LogP contribution in [0.25, 0.3) is 22.5 Å². The van der Waals surface area contributed by atoms with Crippen molar-refractivity contribution in [3.63, 3.8) is 0 Å². The molecule has 0 fully saturated rings. The fourth-order valence-electron chi connectivity index (χ4n) is 5.62. The van der Waals surface area contributed by atoms with Gasteiger partial charge in [0.15, 0.2) is 26.9 Å². The van der Waals surface area contributed by atoms with Gasteiger partial charge in [0.25, 0.3) is 17.7 Å². The number of carbonyl (C=O) groups excluding carboxylic acids is 6. The van der Waals surface area contributed by atoms with Crippen LogP contribution in [-0.2, 0) is 61.6 Å². The molecule has 9 aromatic heterocycles. The number of nitrogens with two attached hydrogens (primary N) is 1. The van der Waals surface area contributed by atoms with Gasteiger partial charge in [-0.25, -0.2) is 69.1 Å². The van der Waals surface area contributed by atoms with Gasteiger partial charge in [-0.1, -0.05) is 23.4 Å². The molecule has 9 rings (SSSR count). The first-order chi connectivity index (χ1) is 50.4. The molecule has 632 valence electrons. The second-order valence-corrected chi connectivity index (χ2v) is 22.2. The minimum atomic E-state index is -2.17. The SMILES string of the molecule is C.CC(=O)c1cnn(C)c1.CC(F)F.CC(F)F.CC(F)F.CC(F)F.CC(F)F.CC=O.CNC(N)=S.CNc1nc(-c2cn[nH]c2)cs1.CNc1nc(-c2cnn(C)c2)cs1.CON(C)C(=O)c1cnn(C)c1.CON(C)C(=O)c1cnn(C)c1.CON(C)C(=O)c1cnn(C)c1.Cn1cc(C(=O)CBr)cn1.[CH3-].[CH3-].[Mg+2]. The van der Waals surface area contributed by atoms with E-state index in [9.17, 15) is 67.9 Å². The first-order valence-corrected chi connectivity index (χ1v) is 33.7. The number of H-pyrrole nitrogens is 1. The fourth-order valence-corrected chi connectivity index (χ4v) is 7.31. The number of hydrogen-bond donors (Lipinski definition) is 5. The van der Waals surface area contributed by atoms with Crippen LogP contribution in [0.3, 0.4) is 0 Å². The molecule has 0 bridgehead atoms. The number of thiocarbonyl (C=S) groups is 1. The number of aldehydes is 1. The molecule has 0 spiro atoms. The molecule has 0 aliphatic carbocycles. The summed E-state index contributed by atoms with van der Waals surface area (Å²) < 4.78 is 113. The van der Waals surface area contributed by atoms with E-state index in [0.29, 0.717) is 38.3 Å². The molecule has 112 heavy (non-hydrogen) atoms. The number of thiazole rings is 2. The number of rotatable bonds is 13. The summed E-state index contributed by atoms with van der Waals surface area (Å²) in [4.78, 5) is 87.2. The Morgan fingerprint density at radius 2 is 0.786 bits per heavy atom. The second-order valence-electron chi connectivity index (χ2n) is 19.5. The third-order valence-electron chi connectivity index (χ3n) is 10.3. The summed E-state index contributed by atoms with van der Waals surface area (Å²) in [5.74, 6) is -0.488. The van der Waals surface area contributed by atoms with Crippen molar-refractivity contribution in [2.75, 3.05) is 79.6 Å². The van der Waals surface area contributed by atoms with Crippen LogP contribution in [0.4, 0.5) is 54.2 Å². The molecular weight excluding hydrogens is 1640 g/mol. The third kappa shape index (κ3) is 65.6. The number of Topliss-reactive ketones (excluding diaryl/α,β-unsaturated/α-hetero) is 2. The molecule has 3 amide bonds. The number of aryl methyl sites for hydroxylation is 6. The predicted octanol–water partition coefficient (Wildman–Crippen LogP) is 12.1. The van der Waals surface area contributed by atoms with E-state index in [1.54, 1.807) is 164 Å². The summed E-state index contributed by atoms with van der Waals surface area (Å²) in [6.07, 6.45) is 13.2. The van der Waals surface area contributed by atoms with Crippen molar-refractivity contribution in [3.05, 3.63) is 140 Å². The molecule has 47 heteroatoms. The van der Waals surface area contributed by atoms with Crippen LogP contribution in [0.5, 0.6) is 0 Å². The first kappa shape index (κ1) is 121. The van der Waals surface area contributed by atoms with E-state index in [2.05, 4.69) is 94.9 Å². The molecule has 9 heterocycles. The van der Waals surface area contributed by atoms with Gasteiger partial charge in [-0.3, -0.25) is 71.7 Å². The average Bonchev–Trinajstić information content (AvgIpc) is 1.71. The van der Waals surface area contributed by atoms with Crippen molar-refractivity contribution in [1.82, 2.24) is 99.4 Å². The van der Waals surface area contributed by atoms with Gasteiger partial charge in [0.2, 0.25) is 32.1 Å². The van der Waals surface area contributed by atoms with Crippen LogP contribution in [0.1, 0.15) is 108 Å². The first-order valence-electron chi connectivity index (χ1n) is 30.4. The molecule has 6 N–H and O–H groups in total. The van der Waals surface area contributed by atoms with E-state index < -0.39 is 32.1 Å². The Kier molecular flexibility index (Phi) is 78.0. The summed E-state index contributed by atoms with van der Waals surface area (Å²) in [6.45, 7) is 7.14. The standard InChI is InChI=1S/C8H10N4S.C7H8N4S.3C7H11N3O2.C6H7BrN2O.C6H8N2O.5C2H4F2.C2H6N2S.C2H4O.CH4.2CH3.Mg/c1-9-8-11-7(5-13-8)6-3-10-12(2)4-6;1-8-7-11-6(4-12-7)5-2-9-10-3-5;3*1-9-5-6(4-8-9)7(11)10(2)12-3;1-9-4-5(3-8-9)6(10)2-7;1-5(9)6-3-7-8(2)4-6;5*1-2(3)4;1-4-2(3)5;1-2-3;;;;/h3-5H,1-2H3,(H,9,11);2-4H,1H3,(H,8,11)(H,9,10);3*4-5H,1-3H3;3-4H,2H2,1H3;3-4H,1-2H3;5*2H,1H3;1H3,(H3,3,4,5);2H,1H3;1H4;2*1H3;/q;;;;;;;;;;;;;;;2*-1;+2. The van der Waals surface area contributed by atoms with Crippen molar-refractivity contribution >= 4 is 125 Å². The maximum atomic E-state index is 11.3. The van der Waals surface area contributed by atoms with E-state index >= 15 is 0 Å². The number of nitrogens with zero attached hydrogens (tertiary/aromatic N) is 18. The number of nitrogens with one attached hydrogen (secondary N) is 4. The average molecular weight is 1740 g/mol. The summed E-state index contributed by atoms with van der Waals surface area (Å²) in [7, 11) is 25.1. The number of amides is 3. The molecule has 9 aromatic rings. The Bertz CT molecular complexity index is 3620. The maximum Gasteiger partial charge on any atom is 2.00 e. The van der Waals surface area contributed by atoms with Crippen molar-refractivity contribution in [2.45, 2.75) is 88.0 Å². The smallest absolute Gasteiger partial charge is 0.376 e. The number of hydrogen-bond acceptors (Lipinski definition) is 23. The van der Waals surface area contributed by atoms with Crippen molar-refractivity contribution in [2.24, 2.45) is 48.0 Å². The van der Waals surface area contributed by atoms with Gasteiger partial charge in [-0.2, -0.15) is 35.7 Å². The number of hydroxylamine groups is 6. The zero-order valence-electron chi connectivity index (χ0n) is 66.3. The molecule has 0 saturated heterocycles. The number of ketones is 2. The molecule has 0 radical (unpaired) electrons. The van der Waals surface area contributed by atoms with E-state index in [4.69, 9.17) is 25.0 Å². The van der Waals surface area contributed by atoms with Crippen molar-refractivity contribution in [1.29, 1.82) is 0 Å². The maximum absolute atomic E-state index is 11.3. The Morgan fingerprint density at radius 3 is 0.964 bits per heavy atom. The second kappa shape index (κ2) is 72.1. The Morgan fingerprint density at radius 1 is 0.536 bits per heavy atom. The topological polar surface area (TPSA) is 363 Å². The molecule has 0 atom stereocenters. The number of alkyl halides is 11. The van der Waals surface area contributed by atoms with Crippen molar-refractivity contribution < 1.29 is 87.2 Å². The van der Waals surface area contributed by atoms with Gasteiger partial charge in [0, 0.05) is 150 Å². The van der Waals surface area contributed by atoms with Crippen LogP contribution < -0.4 is 21.7 Å². The van der Waals surface area contributed by atoms with Gasteiger partial charge in [-0.05, 0) is 60.7 Å². The summed E-state index contributed by atoms with van der Waals surface area (Å²) in [5, 5.41) is 48.5. The third-order valence-corrected chi connectivity index (χ3v) is 12.7. The zero-order valence-corrected chi connectivity index (χ0v) is 71.7. The van der Waals surface area contributed by atoms with Gasteiger partial charge in [0.05, 0.1) is 109 Å². The van der Waals surface area contributed by atoms with Gasteiger partial charge in [0.1, 0.15) is 6.29 Å². The van der Waals surface area contributed by atoms with E-state index in [0.717, 1.165) is 88.9 Å². The Labute approximate surface area is 685 Å². The van der Waals surface area contributed by atoms with E-state index in [1.807, 2.05) is 50.5 Å². The molecule has 0 aromatic carbocycles. The summed E-state index contributed by atoms with van der Waals surface area (Å²) >= 11 is 10.6. The van der Waals surface area contributed by atoms with Gasteiger partial charge >= 0.3 is 23.1 Å². The van der Waals surface area contributed by atoms with E-state index in [1.165, 1.54) is 53.8 Å². The number of carbonyl (C=O) groups is 6. The minimum Gasteiger partial charge on any atom is -0.376 e. The molecule has 32 nitrogen and oxygen atoms in total. The summed E-state index contributed by atoms with van der Waals surface area (Å²) in [6, 6.07) is 0. The van der Waals surface area contributed by atoms with Crippen molar-refractivity contribution in [3.8, 4) is 22.5 Å². The number of aromatic amines is 1. The van der Waals surface area contributed by atoms with E-state index in [-0.39, 0.29) is 74.6 Å². The fraction of sp³-hybridized carbons (Fsp3) is 0.446. The largest absolute Gasteiger partial charge is 2.00 e. The van der Waals surface area contributed by atoms with Crippen LogP contribution >= 0.6 is 50.8 Å². The zero-order chi connectivity index (χ0) is 84.4. The molecule has 0 unspecified atom stereocenters. The monoisotopic (exact) mass is 1740 g/mol. The van der Waals surface area contributed by atoms with Crippen LogP contribution in [0, 0.1) is 14.9 Å². The molecular formula is C65H106BrF10MgN23O9S3. The Hall–Kier alpha value is -9.13. The number of aromatic nitrogens is 16. The molecule has 0 saturated carbocycles. The predicted molar refractivity (Wildman–Crippen MR) is 426 cm³/mol. The number of anilines is 2. The number of halogens is 11.